The number of anilines is 1. The largest absolute Gasteiger partial charge is 0.477 e. The fourth-order valence-electron chi connectivity index (χ4n) is 3.44. The van der Waals surface area contributed by atoms with Gasteiger partial charge in [0.05, 0.1) is 10.9 Å². The summed E-state index contributed by atoms with van der Waals surface area (Å²) < 4.78 is 36.4. The summed E-state index contributed by atoms with van der Waals surface area (Å²) in [6, 6.07) is 0.900. The predicted molar refractivity (Wildman–Crippen MR) is 96.2 cm³/mol. The molecule has 1 aromatic heterocycles. The number of pyridine rings is 1. The highest BCUT2D eigenvalue weighted by atomic mass is 19.1. The van der Waals surface area contributed by atoms with Crippen molar-refractivity contribution in [3.8, 4) is 0 Å². The van der Waals surface area contributed by atoms with Crippen molar-refractivity contribution in [3.05, 3.63) is 39.7 Å². The first-order valence-electron chi connectivity index (χ1n) is 8.58. The molecular weight excluding hydrogens is 360 g/mol. The van der Waals surface area contributed by atoms with Gasteiger partial charge < -0.3 is 25.0 Å². The molecule has 3 N–H and O–H groups in total. The van der Waals surface area contributed by atoms with Crippen LogP contribution in [0.25, 0.3) is 10.9 Å². The third-order valence-corrected chi connectivity index (χ3v) is 5.00. The molecule has 1 aromatic carbocycles. The van der Waals surface area contributed by atoms with E-state index in [9.17, 15) is 19.1 Å². The number of carboxylic acid groups (broad SMARTS) is 1. The van der Waals surface area contributed by atoms with Gasteiger partial charge in [-0.2, -0.15) is 0 Å². The minimum absolute atomic E-state index is 0.182. The van der Waals surface area contributed by atoms with Crippen LogP contribution in [0, 0.1) is 17.6 Å². The summed E-state index contributed by atoms with van der Waals surface area (Å²) in [5.74, 6) is -3.02. The molecule has 1 atom stereocenters. The number of aromatic nitrogens is 1. The van der Waals surface area contributed by atoms with Gasteiger partial charge in [0.2, 0.25) is 5.43 Å². The summed E-state index contributed by atoms with van der Waals surface area (Å²) in [5.41, 5.74) is 3.59. The smallest absolute Gasteiger partial charge is 0.341 e. The number of carboxylic acids is 1. The van der Waals surface area contributed by atoms with Gasteiger partial charge in [0.25, 0.3) is 0 Å². The quantitative estimate of drug-likeness (QED) is 0.794. The number of ether oxygens (including phenoxy) is 1. The molecule has 2 heterocycles. The van der Waals surface area contributed by atoms with Crippen molar-refractivity contribution in [2.75, 3.05) is 31.6 Å². The normalized spacial score (nSPS) is 15.8. The van der Waals surface area contributed by atoms with E-state index in [1.165, 1.54) is 11.7 Å². The summed E-state index contributed by atoms with van der Waals surface area (Å²) in [4.78, 5) is 25.4. The number of benzene rings is 1. The summed E-state index contributed by atoms with van der Waals surface area (Å²) >= 11 is 0. The molecule has 146 valence electrons. The lowest BCUT2D eigenvalue weighted by molar-refractivity contribution is 0.0616. The number of hydrogen-bond acceptors (Lipinski definition) is 5. The van der Waals surface area contributed by atoms with Crippen molar-refractivity contribution < 1.29 is 23.4 Å². The molecule has 27 heavy (non-hydrogen) atoms. The Balaban J connectivity index is 2.24. The minimum Gasteiger partial charge on any atom is -0.477 e. The Kier molecular flexibility index (Phi) is 5.16. The van der Waals surface area contributed by atoms with E-state index in [0.717, 1.165) is 18.7 Å². The topological polar surface area (TPSA) is 97.8 Å². The second-order valence-corrected chi connectivity index (χ2v) is 6.68. The first kappa shape index (κ1) is 19.2. The summed E-state index contributed by atoms with van der Waals surface area (Å²) in [6.45, 7) is 3.00. The Labute approximate surface area is 153 Å². The third kappa shape index (κ3) is 3.17. The fourth-order valence-corrected chi connectivity index (χ4v) is 3.44. The molecule has 1 saturated heterocycles. The van der Waals surface area contributed by atoms with Gasteiger partial charge in [-0.15, -0.1) is 0 Å². The molecular formula is C18H21F2N3O4. The van der Waals surface area contributed by atoms with Crippen LogP contribution in [0.15, 0.2) is 17.1 Å². The predicted octanol–water partition coefficient (Wildman–Crippen LogP) is 1.93. The number of rotatable bonds is 6. The number of carbonyl (C=O) groups is 1. The zero-order chi connectivity index (χ0) is 19.9. The molecule has 1 aliphatic heterocycles. The molecule has 1 fully saturated rings. The Morgan fingerprint density at radius 3 is 2.67 bits per heavy atom. The van der Waals surface area contributed by atoms with Crippen LogP contribution < -0.4 is 16.1 Å². The lowest BCUT2D eigenvalue weighted by Gasteiger charge is -2.41. The highest BCUT2D eigenvalue weighted by Crippen LogP contribution is 2.35. The van der Waals surface area contributed by atoms with Crippen LogP contribution in [0.3, 0.4) is 0 Å². The molecule has 0 bridgehead atoms. The molecule has 0 amide bonds. The van der Waals surface area contributed by atoms with Gasteiger partial charge in [-0.1, -0.05) is 0 Å². The van der Waals surface area contributed by atoms with E-state index in [0.29, 0.717) is 19.6 Å². The molecule has 0 aliphatic carbocycles. The molecule has 0 radical (unpaired) electrons. The second-order valence-electron chi connectivity index (χ2n) is 6.68. The summed E-state index contributed by atoms with van der Waals surface area (Å²) in [6.07, 6.45) is 1.03. The van der Waals surface area contributed by atoms with Crippen LogP contribution in [0.1, 0.15) is 29.9 Å². The van der Waals surface area contributed by atoms with Gasteiger partial charge >= 0.3 is 5.97 Å². The van der Waals surface area contributed by atoms with Gasteiger partial charge in [-0.25, -0.2) is 13.6 Å². The zero-order valence-corrected chi connectivity index (χ0v) is 15.0. The number of hydrogen-bond donors (Lipinski definition) is 2. The van der Waals surface area contributed by atoms with E-state index in [2.05, 4.69) is 0 Å². The molecule has 0 saturated carbocycles. The molecule has 9 heteroatoms. The lowest BCUT2D eigenvalue weighted by Crippen LogP contribution is -2.48. The number of fused-ring (bicyclic) bond motifs is 1. The van der Waals surface area contributed by atoms with Crippen LogP contribution in [0.4, 0.5) is 14.5 Å². The lowest BCUT2D eigenvalue weighted by atomic mass is 9.95. The number of methoxy groups -OCH3 is 1. The molecule has 2 aromatic rings. The standard InChI is InChI=1S/C18H21F2N3O4/c1-9(27-2)23-8-12(18(25)26)17(24)11-5-13(19)16(14(20)15(11)23)22-6-10(7-22)3-4-21/h5,8-10H,3-4,6-7,21H2,1-2H3,(H,25,26). The number of aromatic carboxylic acids is 1. The van der Waals surface area contributed by atoms with Crippen molar-refractivity contribution in [3.63, 3.8) is 0 Å². The van der Waals surface area contributed by atoms with Crippen LogP contribution in [-0.4, -0.2) is 42.4 Å². The molecule has 7 nitrogen and oxygen atoms in total. The van der Waals surface area contributed by atoms with Gasteiger partial charge in [0, 0.05) is 26.4 Å². The SMILES string of the molecule is COC(C)n1cc(C(=O)O)c(=O)c2cc(F)c(N3CC(CCN)C3)c(F)c21. The maximum Gasteiger partial charge on any atom is 0.341 e. The van der Waals surface area contributed by atoms with Crippen molar-refractivity contribution in [1.29, 1.82) is 0 Å². The van der Waals surface area contributed by atoms with Crippen LogP contribution in [0.2, 0.25) is 0 Å². The second kappa shape index (κ2) is 7.24. The summed E-state index contributed by atoms with van der Waals surface area (Å²) in [5, 5.41) is 8.92. The average molecular weight is 381 g/mol. The van der Waals surface area contributed by atoms with Gasteiger partial charge in [-0.3, -0.25) is 4.79 Å². The highest BCUT2D eigenvalue weighted by molar-refractivity contribution is 5.94. The molecule has 0 spiro atoms. The van der Waals surface area contributed by atoms with Crippen LogP contribution in [0.5, 0.6) is 0 Å². The zero-order valence-electron chi connectivity index (χ0n) is 15.0. The van der Waals surface area contributed by atoms with Crippen LogP contribution >= 0.6 is 0 Å². The Morgan fingerprint density at radius 2 is 2.11 bits per heavy atom. The maximum absolute atomic E-state index is 15.3. The van der Waals surface area contributed by atoms with E-state index in [-0.39, 0.29) is 22.5 Å². The van der Waals surface area contributed by atoms with Gasteiger partial charge in [0.1, 0.15) is 23.3 Å². The van der Waals surface area contributed by atoms with Crippen molar-refractivity contribution in [1.82, 2.24) is 4.57 Å². The van der Waals surface area contributed by atoms with Crippen molar-refractivity contribution in [2.24, 2.45) is 11.7 Å². The van der Waals surface area contributed by atoms with Crippen LogP contribution in [-0.2, 0) is 4.74 Å². The Bertz CT molecular complexity index is 954. The molecule has 1 unspecified atom stereocenters. The van der Waals surface area contributed by atoms with E-state index in [4.69, 9.17) is 10.5 Å². The number of nitrogens with zero attached hydrogens (tertiary/aromatic N) is 2. The third-order valence-electron chi connectivity index (χ3n) is 5.00. The van der Waals surface area contributed by atoms with Gasteiger partial charge in [0.15, 0.2) is 5.82 Å². The Morgan fingerprint density at radius 1 is 1.44 bits per heavy atom. The van der Waals surface area contributed by atoms with Gasteiger partial charge in [-0.05, 0) is 31.9 Å². The monoisotopic (exact) mass is 381 g/mol. The number of halogens is 2. The van der Waals surface area contributed by atoms with Crippen molar-refractivity contribution in [2.45, 2.75) is 19.6 Å². The van der Waals surface area contributed by atoms with E-state index in [1.54, 1.807) is 11.8 Å². The van der Waals surface area contributed by atoms with E-state index < -0.39 is 34.8 Å². The maximum atomic E-state index is 15.3. The number of nitrogens with two attached hydrogens (primary N) is 1. The van der Waals surface area contributed by atoms with E-state index in [1.807, 2.05) is 0 Å². The average Bonchev–Trinajstić information content (AvgIpc) is 2.59. The van der Waals surface area contributed by atoms with Crippen molar-refractivity contribution >= 4 is 22.6 Å². The Hall–Kier alpha value is -2.52. The molecule has 3 rings (SSSR count). The fraction of sp³-hybridized carbons (Fsp3) is 0.444. The summed E-state index contributed by atoms with van der Waals surface area (Å²) in [7, 11) is 1.37. The van der Waals surface area contributed by atoms with E-state index >= 15 is 4.39 Å². The molecule has 1 aliphatic rings. The highest BCUT2D eigenvalue weighted by Gasteiger charge is 2.32. The minimum atomic E-state index is -1.48. The first-order chi connectivity index (χ1) is 12.8. The first-order valence-corrected chi connectivity index (χ1v) is 8.58.